The molecule has 0 atom stereocenters. The second-order valence-corrected chi connectivity index (χ2v) is 11.1. The number of nitrogens with one attached hydrogen (secondary N) is 2. The van der Waals surface area contributed by atoms with Gasteiger partial charge in [-0.1, -0.05) is 0 Å². The van der Waals surface area contributed by atoms with Gasteiger partial charge >= 0.3 is 6.18 Å². The average molecular weight is 415 g/mol. The minimum atomic E-state index is -4.68. The monoisotopic (exact) mass is 415 g/mol. The number of sulfonamides is 1. The highest BCUT2D eigenvalue weighted by Gasteiger charge is 2.69. The Labute approximate surface area is 161 Å². The highest BCUT2D eigenvalue weighted by molar-refractivity contribution is 7.94. The molecular weight excluding hydrogens is 395 g/mol. The quantitative estimate of drug-likeness (QED) is 0.787. The van der Waals surface area contributed by atoms with Gasteiger partial charge in [0, 0.05) is 5.54 Å². The Morgan fingerprint density at radius 2 is 1.75 bits per heavy atom. The van der Waals surface area contributed by atoms with Gasteiger partial charge in [0.1, 0.15) is 0 Å². The number of amides is 1. The molecule has 0 aromatic heterocycles. The number of hydrogen-bond acceptors (Lipinski definition) is 4. The third kappa shape index (κ3) is 3.32. The Hall–Kier alpha value is -2.28. The van der Waals surface area contributed by atoms with Crippen molar-refractivity contribution in [1.29, 1.82) is 5.26 Å². The molecule has 3 fully saturated rings. The summed E-state index contributed by atoms with van der Waals surface area (Å²) in [6.07, 6.45) is -3.34. The average Bonchev–Trinajstić information content (AvgIpc) is 2.46. The lowest BCUT2D eigenvalue weighted by atomic mass is 9.40. The number of carbonyl (C=O) groups excluding carboxylic acids is 1. The van der Waals surface area contributed by atoms with Gasteiger partial charge in [-0.3, -0.25) is 9.52 Å². The van der Waals surface area contributed by atoms with Crippen LogP contribution < -0.4 is 10.0 Å². The molecular formula is C18H20F3N3O3S. The highest BCUT2D eigenvalue weighted by atomic mass is 32.2. The van der Waals surface area contributed by atoms with E-state index in [-0.39, 0.29) is 5.69 Å². The van der Waals surface area contributed by atoms with E-state index in [4.69, 9.17) is 5.26 Å². The lowest BCUT2D eigenvalue weighted by molar-refractivity contribution is -0.137. The Bertz CT molecular complexity index is 968. The fourth-order valence-electron chi connectivity index (χ4n) is 3.64. The summed E-state index contributed by atoms with van der Waals surface area (Å²) >= 11 is 0. The van der Waals surface area contributed by atoms with Crippen LogP contribution in [-0.4, -0.2) is 24.6 Å². The molecule has 3 saturated carbocycles. The zero-order valence-electron chi connectivity index (χ0n) is 15.6. The van der Waals surface area contributed by atoms with Crippen molar-refractivity contribution in [3.05, 3.63) is 29.3 Å². The molecule has 0 aliphatic heterocycles. The molecule has 0 spiro atoms. The minimum absolute atomic E-state index is 0.220. The number of rotatable bonds is 4. The van der Waals surface area contributed by atoms with Crippen molar-refractivity contribution in [2.75, 3.05) is 4.72 Å². The van der Waals surface area contributed by atoms with Crippen LogP contribution in [0.1, 0.15) is 56.0 Å². The van der Waals surface area contributed by atoms with E-state index >= 15 is 0 Å². The molecule has 0 saturated heterocycles. The van der Waals surface area contributed by atoms with Crippen LogP contribution in [0.15, 0.2) is 18.2 Å². The van der Waals surface area contributed by atoms with Crippen LogP contribution in [0.25, 0.3) is 0 Å². The van der Waals surface area contributed by atoms with E-state index in [2.05, 4.69) is 16.1 Å². The van der Waals surface area contributed by atoms with Crippen LogP contribution in [0, 0.1) is 16.7 Å². The Kier molecular flexibility index (Phi) is 4.28. The van der Waals surface area contributed by atoms with Gasteiger partial charge in [0.25, 0.3) is 5.91 Å². The van der Waals surface area contributed by atoms with E-state index < -0.39 is 48.9 Å². The van der Waals surface area contributed by atoms with Crippen LogP contribution in [0.2, 0.25) is 0 Å². The molecule has 1 aromatic rings. The van der Waals surface area contributed by atoms with Gasteiger partial charge in [-0.25, -0.2) is 8.42 Å². The van der Waals surface area contributed by atoms with E-state index in [0.29, 0.717) is 25.3 Å². The summed E-state index contributed by atoms with van der Waals surface area (Å²) < 4.78 is 65.2. The zero-order chi connectivity index (χ0) is 21.2. The molecule has 1 amide bonds. The molecule has 1 aromatic carbocycles. The molecule has 0 heterocycles. The summed E-state index contributed by atoms with van der Waals surface area (Å²) in [5.74, 6) is -0.802. The van der Waals surface area contributed by atoms with Crippen LogP contribution in [0.4, 0.5) is 18.9 Å². The van der Waals surface area contributed by atoms with Gasteiger partial charge in [0.15, 0.2) is 0 Å². The number of benzene rings is 1. The maximum atomic E-state index is 13.1. The van der Waals surface area contributed by atoms with Gasteiger partial charge in [-0.05, 0) is 58.2 Å². The van der Waals surface area contributed by atoms with Gasteiger partial charge in [0.2, 0.25) is 10.0 Å². The molecule has 152 valence electrons. The first-order valence-corrected chi connectivity index (χ1v) is 10.1. The van der Waals surface area contributed by atoms with Crippen LogP contribution in [0.3, 0.4) is 0 Å². The van der Waals surface area contributed by atoms with Crippen LogP contribution in [-0.2, 0) is 16.2 Å². The SMILES string of the molecule is CC(C)(C)S(=O)(=O)Nc1ccc(C(F)(F)F)cc1C(=O)NC12CC(C#N)(C1)C2. The normalized spacial score (nSPS) is 26.5. The molecule has 2 N–H and O–H groups in total. The van der Waals surface area contributed by atoms with Gasteiger partial charge in [0.05, 0.1) is 33.0 Å². The van der Waals surface area contributed by atoms with Gasteiger partial charge in [-0.2, -0.15) is 18.4 Å². The van der Waals surface area contributed by atoms with Crippen molar-refractivity contribution in [2.24, 2.45) is 5.41 Å². The predicted molar refractivity (Wildman–Crippen MR) is 95.8 cm³/mol. The van der Waals surface area contributed by atoms with Gasteiger partial charge in [-0.15, -0.1) is 0 Å². The van der Waals surface area contributed by atoms with E-state index in [1.54, 1.807) is 0 Å². The summed E-state index contributed by atoms with van der Waals surface area (Å²) in [6.45, 7) is 4.30. The second-order valence-electron chi connectivity index (χ2n) is 8.63. The molecule has 3 aliphatic carbocycles. The highest BCUT2D eigenvalue weighted by Crippen LogP contribution is 2.66. The molecule has 2 bridgehead atoms. The molecule has 4 rings (SSSR count). The largest absolute Gasteiger partial charge is 0.416 e. The van der Waals surface area contributed by atoms with Crippen molar-refractivity contribution in [3.63, 3.8) is 0 Å². The fraction of sp³-hybridized carbons (Fsp3) is 0.556. The fourth-order valence-corrected chi connectivity index (χ4v) is 4.42. The Balaban J connectivity index is 1.93. The van der Waals surface area contributed by atoms with Crippen LogP contribution in [0.5, 0.6) is 0 Å². The van der Waals surface area contributed by atoms with Crippen LogP contribution >= 0.6 is 0 Å². The number of halogens is 3. The first-order valence-electron chi connectivity index (χ1n) is 8.60. The molecule has 10 heteroatoms. The van der Waals surface area contributed by atoms with E-state index in [1.807, 2.05) is 0 Å². The zero-order valence-corrected chi connectivity index (χ0v) is 16.4. The number of nitrogens with zero attached hydrogens (tertiary/aromatic N) is 1. The Morgan fingerprint density at radius 1 is 1.18 bits per heavy atom. The summed E-state index contributed by atoms with van der Waals surface area (Å²) in [7, 11) is -3.95. The summed E-state index contributed by atoms with van der Waals surface area (Å²) in [4.78, 5) is 12.7. The molecule has 6 nitrogen and oxygen atoms in total. The van der Waals surface area contributed by atoms with Crippen molar-refractivity contribution in [2.45, 2.75) is 56.5 Å². The third-order valence-corrected chi connectivity index (χ3v) is 7.39. The standard InChI is InChI=1S/C18H20F3N3O3S/c1-15(2,3)28(26,27)24-13-5-4-11(18(19,20)21)6-12(13)14(25)23-17-7-16(8-17,9-17)10-22/h4-6,24H,7-9H2,1-3H3,(H,23,25). The second kappa shape index (κ2) is 5.86. The topological polar surface area (TPSA) is 99.1 Å². The molecule has 0 unspecified atom stereocenters. The predicted octanol–water partition coefficient (Wildman–Crippen LogP) is 3.42. The molecule has 3 aliphatic rings. The third-order valence-electron chi connectivity index (χ3n) is 5.29. The Morgan fingerprint density at radius 3 is 2.21 bits per heavy atom. The number of carbonyl (C=O) groups is 1. The lowest BCUT2D eigenvalue weighted by Gasteiger charge is -2.66. The number of hydrogen-bond donors (Lipinski definition) is 2. The van der Waals surface area contributed by atoms with Gasteiger partial charge < -0.3 is 5.32 Å². The van der Waals surface area contributed by atoms with E-state index in [0.717, 1.165) is 12.1 Å². The summed E-state index contributed by atoms with van der Waals surface area (Å²) in [5, 5.41) is 11.7. The first kappa shape index (κ1) is 20.5. The molecule has 0 radical (unpaired) electrons. The van der Waals surface area contributed by atoms with Crippen molar-refractivity contribution < 1.29 is 26.4 Å². The van der Waals surface area contributed by atoms with Crippen molar-refractivity contribution >= 4 is 21.6 Å². The number of nitriles is 1. The van der Waals surface area contributed by atoms with Crippen molar-refractivity contribution in [1.82, 2.24) is 5.32 Å². The lowest BCUT2D eigenvalue weighted by Crippen LogP contribution is -2.74. The van der Waals surface area contributed by atoms with Crippen molar-refractivity contribution in [3.8, 4) is 6.07 Å². The number of anilines is 1. The summed E-state index contributed by atoms with van der Waals surface area (Å²) in [6, 6.07) is 4.49. The summed E-state index contributed by atoms with van der Waals surface area (Å²) in [5.41, 5.74) is -2.72. The smallest absolute Gasteiger partial charge is 0.346 e. The number of alkyl halides is 3. The minimum Gasteiger partial charge on any atom is -0.346 e. The maximum Gasteiger partial charge on any atom is 0.416 e. The van der Waals surface area contributed by atoms with E-state index in [9.17, 15) is 26.4 Å². The first-order chi connectivity index (χ1) is 12.6. The van der Waals surface area contributed by atoms with E-state index in [1.165, 1.54) is 20.8 Å². The molecule has 28 heavy (non-hydrogen) atoms. The maximum absolute atomic E-state index is 13.1.